The summed E-state index contributed by atoms with van der Waals surface area (Å²) in [7, 11) is 0. The van der Waals surface area contributed by atoms with Crippen molar-refractivity contribution in [3.63, 3.8) is 0 Å². The van der Waals surface area contributed by atoms with E-state index in [0.29, 0.717) is 0 Å². The first kappa shape index (κ1) is 125. The molecule has 66 heteroatoms. The van der Waals surface area contributed by atoms with E-state index in [-0.39, 0.29) is 45.4 Å². The number of hydrogen-bond donors (Lipinski definition) is 36. The fraction of sp³-hybridized carbons (Fsp3) is 0.915. The average molecular weight is 2160 g/mol. The molecule has 9 aliphatic heterocycles. The van der Waals surface area contributed by atoms with Crippen molar-refractivity contribution >= 4 is 41.4 Å². The van der Waals surface area contributed by atoms with Gasteiger partial charge in [-0.3, -0.25) is 24.0 Å². The summed E-state index contributed by atoms with van der Waals surface area (Å²) < 4.78 is 116. The highest BCUT2D eigenvalue weighted by atomic mass is 16.8. The Bertz CT molecular complexity index is 4180. The van der Waals surface area contributed by atoms with Gasteiger partial charge < -0.3 is 280 Å². The Morgan fingerprint density at radius 1 is 0.446 bits per heavy atom. The monoisotopic (exact) mass is 2160 g/mol. The van der Waals surface area contributed by atoms with Crippen LogP contribution in [0.4, 0.5) is 0 Å². The molecule has 16 unspecified atom stereocenters. The van der Waals surface area contributed by atoms with Crippen LogP contribution < -0.4 is 26.6 Å². The van der Waals surface area contributed by atoms with E-state index in [9.17, 15) is 187 Å². The molecule has 0 aliphatic carbocycles. The summed E-state index contributed by atoms with van der Waals surface area (Å²) in [5, 5.41) is 364. The summed E-state index contributed by atoms with van der Waals surface area (Å²) in [4.78, 5) is 85.2. The molecule has 36 N–H and O–H groups in total. The lowest BCUT2D eigenvalue weighted by atomic mass is 9.88. The molecule has 5 amide bonds. The summed E-state index contributed by atoms with van der Waals surface area (Å²) in [5.74, 6) is -13.2. The number of nitrogens with zero attached hydrogens (tertiary/aromatic N) is 4. The van der Waals surface area contributed by atoms with Gasteiger partial charge in [-0.2, -0.15) is 0 Å². The van der Waals surface area contributed by atoms with Crippen molar-refractivity contribution in [3.8, 4) is 0 Å². The van der Waals surface area contributed by atoms with Crippen LogP contribution in [-0.2, 0) is 124 Å². The molecule has 66 nitrogen and oxygen atoms in total. The van der Waals surface area contributed by atoms with Gasteiger partial charge in [-0.05, 0) is 18.4 Å². The van der Waals surface area contributed by atoms with Crippen LogP contribution in [-0.4, -0.2) is 611 Å². The van der Waals surface area contributed by atoms with Crippen molar-refractivity contribution in [1.82, 2.24) is 26.6 Å². The first-order valence-electron chi connectivity index (χ1n) is 47.0. The fourth-order valence-electron chi connectivity index (χ4n) is 17.8. The number of fused-ring (bicyclic) bond motifs is 1. The minimum Gasteiger partial charge on any atom is -0.477 e. The standard InChI is InChI=1S/C82H139N9O57/c1-26(99)86-43-33(105)16-81(147-67(43)49(110)35(107)18-93,79(126)84-8-12-129-14-15-130-13-9-85-91-83)132-24-41-52(113)57(118)60(121)76(139-41)143-65-39(22-97)137-74(45(54(65)115)88-28(3)101)145-69(48(109)31(103)6-10-92)72(125)131-11-7-32(104)63(62(123)71(124)141-64-38(21-96)136-73-47(56(64)117)90-30(5)134-73)142-78-70(59(120)51(112)37(20-95)135-78)146-75-46(89-29(4)102)55(116)66(40(23-98)138-75)144-77-61(122)58(119)53(114)42(140-77)25-133-82(80(127)128)17-34(106)44(87-27(2)100)68(148-82)50(111)36(108)19-94/h31-78,92-98,103-125H,6-25H2,1-5H3,(H,84,126)(H,86,99)(H,87,100)(H,88,101)(H,89,102)(H,127,128)/t31-,32-,33-,34-,35-,36-,37+,38?,39?,40?,41?,42?,43-,44-,45?,46?,47?,48?,49-,50-,51-,52+,53+,54-,55-,56-,57+,58+,59?,60?,61?,62?,63+,64-,65-,66-,67?,68?,69-,70?,71+,72-,73+,74+,75+,76+,77+,78-,81-,82-/m1/s1. The summed E-state index contributed by atoms with van der Waals surface area (Å²) >= 11 is 0. The van der Waals surface area contributed by atoms with Gasteiger partial charge in [-0.25, -0.2) is 9.79 Å². The first-order chi connectivity index (χ1) is 70.0. The topological polar surface area (TPSA) is 1040 Å². The Balaban J connectivity index is 0.958. The van der Waals surface area contributed by atoms with E-state index in [1.807, 2.05) is 0 Å². The highest BCUT2D eigenvalue weighted by Gasteiger charge is 2.63. The lowest BCUT2D eigenvalue weighted by molar-refractivity contribution is -0.383. The van der Waals surface area contributed by atoms with Gasteiger partial charge in [0, 0.05) is 72.1 Å². The maximum absolute atomic E-state index is 14.4. The second kappa shape index (κ2) is 57.4. The molecule has 0 aromatic carbocycles. The zero-order valence-corrected chi connectivity index (χ0v) is 80.1. The number of nitrogens with one attached hydrogen (secondary N) is 5. The number of rotatable bonds is 55. The van der Waals surface area contributed by atoms with Gasteiger partial charge in [0.05, 0.1) is 122 Å². The third-order valence-corrected chi connectivity index (χ3v) is 25.6. The van der Waals surface area contributed by atoms with E-state index < -0.39 is 433 Å². The normalized spacial score (nSPS) is 39.6. The molecular formula is C82H139N9O57. The van der Waals surface area contributed by atoms with E-state index in [0.717, 1.165) is 27.7 Å². The number of amides is 5. The Hall–Kier alpha value is -6.36. The Kier molecular flexibility index (Phi) is 48.5. The van der Waals surface area contributed by atoms with Crippen LogP contribution >= 0.6 is 0 Å². The van der Waals surface area contributed by atoms with E-state index in [4.69, 9.17) is 100 Å². The quantitative estimate of drug-likeness (QED) is 0.00884. The highest BCUT2D eigenvalue weighted by Crippen LogP contribution is 2.42. The molecule has 9 rings (SSSR count). The molecule has 0 aromatic rings. The number of carboxylic acids is 1. The predicted octanol–water partition coefficient (Wildman–Crippen LogP) is -22.0. The summed E-state index contributed by atoms with van der Waals surface area (Å²) in [6.45, 7) is -7.37. The van der Waals surface area contributed by atoms with Crippen molar-refractivity contribution in [2.45, 2.75) is 366 Å². The minimum atomic E-state index is -3.11. The van der Waals surface area contributed by atoms with E-state index in [1.165, 1.54) is 6.92 Å². The number of ether oxygens (including phenoxy) is 20. The lowest BCUT2D eigenvalue weighted by Crippen LogP contribution is -2.70. The fourth-order valence-corrected chi connectivity index (χ4v) is 17.8. The molecular weight excluding hydrogens is 2020 g/mol. The Morgan fingerprint density at radius 3 is 1.39 bits per heavy atom. The first-order valence-corrected chi connectivity index (χ1v) is 47.0. The van der Waals surface area contributed by atoms with Crippen molar-refractivity contribution in [2.24, 2.45) is 10.1 Å². The molecule has 8 saturated heterocycles. The molecule has 0 spiro atoms. The molecule has 9 aliphatic rings. The molecule has 0 radical (unpaired) electrons. The third-order valence-electron chi connectivity index (χ3n) is 25.6. The molecule has 148 heavy (non-hydrogen) atoms. The van der Waals surface area contributed by atoms with Gasteiger partial charge in [0.2, 0.25) is 29.9 Å². The zero-order valence-electron chi connectivity index (χ0n) is 80.1. The summed E-state index contributed by atoms with van der Waals surface area (Å²) in [5.41, 5.74) is 8.50. The molecule has 8 fully saturated rings. The summed E-state index contributed by atoms with van der Waals surface area (Å²) in [6.07, 6.45) is -101. The number of aliphatic carboxylic acids is 1. The second-order valence-corrected chi connectivity index (χ2v) is 36.3. The van der Waals surface area contributed by atoms with Gasteiger partial charge in [0.15, 0.2) is 49.9 Å². The van der Waals surface area contributed by atoms with E-state index in [1.54, 1.807) is 0 Å². The average Bonchev–Trinajstić information content (AvgIpc) is 1.25. The number of carbonyl (C=O) groups is 6. The van der Waals surface area contributed by atoms with E-state index in [2.05, 4.69) is 41.6 Å². The van der Waals surface area contributed by atoms with Crippen molar-refractivity contribution < 1.29 is 282 Å². The van der Waals surface area contributed by atoms with Crippen LogP contribution in [0.25, 0.3) is 10.4 Å². The van der Waals surface area contributed by atoms with Gasteiger partial charge in [-0.1, -0.05) is 5.11 Å². The van der Waals surface area contributed by atoms with Gasteiger partial charge in [0.1, 0.15) is 207 Å². The van der Waals surface area contributed by atoms with Gasteiger partial charge in [-0.15, -0.1) is 0 Å². The van der Waals surface area contributed by atoms with Crippen LogP contribution in [0.2, 0.25) is 0 Å². The van der Waals surface area contributed by atoms with Crippen LogP contribution in [0, 0.1) is 0 Å². The maximum atomic E-state index is 14.4. The van der Waals surface area contributed by atoms with Crippen molar-refractivity contribution in [2.75, 3.05) is 106 Å². The number of aliphatic imine (C=N–C) groups is 1. The number of carbonyl (C=O) groups excluding carboxylic acids is 5. The predicted molar refractivity (Wildman–Crippen MR) is 465 cm³/mol. The highest BCUT2D eigenvalue weighted by molar-refractivity contribution is 5.84. The molecule has 0 bridgehead atoms. The zero-order chi connectivity index (χ0) is 110. The number of carboxylic acid groups (broad SMARTS) is 1. The molecule has 50 atom stereocenters. The lowest BCUT2D eigenvalue weighted by Gasteiger charge is -2.50. The molecule has 9 heterocycles. The van der Waals surface area contributed by atoms with E-state index >= 15 is 0 Å². The Labute approximate surface area is 839 Å². The van der Waals surface area contributed by atoms with Crippen LogP contribution in [0.15, 0.2) is 10.1 Å². The van der Waals surface area contributed by atoms with Crippen molar-refractivity contribution in [1.29, 1.82) is 0 Å². The number of hydrogen-bond acceptors (Lipinski definition) is 58. The Morgan fingerprint density at radius 2 is 0.892 bits per heavy atom. The smallest absolute Gasteiger partial charge is 0.364 e. The molecule has 0 aromatic heterocycles. The van der Waals surface area contributed by atoms with Crippen molar-refractivity contribution in [3.05, 3.63) is 10.4 Å². The SMILES string of the molecule is CC(=O)NC1[C@H](OC2C(O)[C@H](O)[C@H](CO)O[C@@H]2O[C@H](C(O)[C@@H](O)O[C@@H]2C(CO)O[C@@H]3OC(C)=NC3[C@H]2O)[C@H](O)CCO[C@@H](O)[C@H](O[C@@H]2OC(CO)[C@@H](O[C@@H]3OC(CO[C@]4(C(=O)NCCOCCOCCN=[N+]=[N-])C[C@@H](O)[C@@H](NC(C)=O)C([C@H](O)[C@H](O)CO)O4)[C@H](O)[C@H](O)C3O)[C@H](O)C2NC(C)=O)C(O)[C@H](O)CCO)OC(CO)[C@@H](O[C@@H]2OC(CO[C@]3(C(=O)O)C[C@@H](O)[C@@H](NC(C)=O)C([C@H](O)[C@H](O)CO)O3)[C@H](O)[C@H](O)C2O)[C@@H]1O. The molecule has 854 valence electrons. The largest absolute Gasteiger partial charge is 0.477 e. The van der Waals surface area contributed by atoms with Crippen LogP contribution in [0.5, 0.6) is 0 Å². The number of aliphatic hydroxyl groups excluding tert-OH is 30. The van der Waals surface area contributed by atoms with Crippen LogP contribution in [0.3, 0.4) is 0 Å². The van der Waals surface area contributed by atoms with Crippen LogP contribution in [0.1, 0.15) is 60.3 Å². The van der Waals surface area contributed by atoms with Gasteiger partial charge in [0.25, 0.3) is 17.5 Å². The summed E-state index contributed by atoms with van der Waals surface area (Å²) in [6, 6.07) is -8.96. The maximum Gasteiger partial charge on any atom is 0.364 e. The number of azide groups is 1. The minimum absolute atomic E-state index is 0.00367. The van der Waals surface area contributed by atoms with Gasteiger partial charge >= 0.3 is 5.97 Å². The molecule has 0 saturated carbocycles. The third kappa shape index (κ3) is 30.9. The number of aliphatic hydroxyl groups is 30. The second-order valence-electron chi connectivity index (χ2n) is 36.3.